The van der Waals surface area contributed by atoms with Crippen molar-refractivity contribution < 1.29 is 14.3 Å². The molecule has 112 valence electrons. The number of ether oxygens (including phenoxy) is 2. The molecule has 0 fully saturated rings. The summed E-state index contributed by atoms with van der Waals surface area (Å²) < 4.78 is 12.4. The van der Waals surface area contributed by atoms with Gasteiger partial charge in [0.05, 0.1) is 7.11 Å². The van der Waals surface area contributed by atoms with Crippen LogP contribution in [0.5, 0.6) is 11.5 Å². The molecule has 0 saturated heterocycles. The molecule has 0 atom stereocenters. The molecule has 6 heteroatoms. The van der Waals surface area contributed by atoms with E-state index in [1.54, 1.807) is 25.4 Å². The smallest absolute Gasteiger partial charge is 0.257 e. The normalized spacial score (nSPS) is 10.1. The Balaban J connectivity index is 1.65. The molecule has 21 heavy (non-hydrogen) atoms. The van der Waals surface area contributed by atoms with E-state index in [4.69, 9.17) is 9.47 Å². The van der Waals surface area contributed by atoms with E-state index in [0.29, 0.717) is 18.0 Å². The van der Waals surface area contributed by atoms with E-state index in [9.17, 15) is 4.79 Å². The van der Waals surface area contributed by atoms with Crippen molar-refractivity contribution in [2.45, 2.75) is 13.0 Å². The molecule has 0 aliphatic rings. The summed E-state index contributed by atoms with van der Waals surface area (Å²) in [6.07, 6.45) is 4.45. The molecule has 2 aromatic rings. The van der Waals surface area contributed by atoms with Crippen molar-refractivity contribution in [2.24, 2.45) is 0 Å². The highest BCUT2D eigenvalue weighted by atomic mass is 16.5. The molecule has 0 spiro atoms. The number of aromatic nitrogens is 2. The van der Waals surface area contributed by atoms with Crippen LogP contribution in [0.2, 0.25) is 0 Å². The highest BCUT2D eigenvalue weighted by Crippen LogP contribution is 2.25. The number of benzene rings is 1. The second-order valence-corrected chi connectivity index (χ2v) is 4.41. The molecule has 1 amide bonds. The second kappa shape index (κ2) is 7.94. The van der Waals surface area contributed by atoms with Gasteiger partial charge in [0.2, 0.25) is 0 Å². The van der Waals surface area contributed by atoms with Gasteiger partial charge in [-0.1, -0.05) is 12.1 Å². The van der Waals surface area contributed by atoms with E-state index >= 15 is 0 Å². The Hall–Kier alpha value is -2.50. The van der Waals surface area contributed by atoms with Gasteiger partial charge in [0.25, 0.3) is 5.91 Å². The van der Waals surface area contributed by atoms with Gasteiger partial charge in [0, 0.05) is 25.5 Å². The molecule has 1 N–H and O–H groups in total. The average molecular weight is 289 g/mol. The fourth-order valence-corrected chi connectivity index (χ4v) is 1.83. The molecular formula is C15H19N3O3. The zero-order valence-corrected chi connectivity index (χ0v) is 12.0. The van der Waals surface area contributed by atoms with Crippen molar-refractivity contribution in [1.82, 2.24) is 15.1 Å². The van der Waals surface area contributed by atoms with E-state index < -0.39 is 0 Å². The first kappa shape index (κ1) is 14.9. The van der Waals surface area contributed by atoms with Crippen LogP contribution >= 0.6 is 0 Å². The number of carbonyl (C=O) groups is 1. The lowest BCUT2D eigenvalue weighted by Crippen LogP contribution is -2.30. The van der Waals surface area contributed by atoms with Gasteiger partial charge in [-0.3, -0.25) is 9.48 Å². The van der Waals surface area contributed by atoms with Crippen molar-refractivity contribution in [3.05, 3.63) is 42.7 Å². The summed E-state index contributed by atoms with van der Waals surface area (Å²) in [7, 11) is 1.57. The summed E-state index contributed by atoms with van der Waals surface area (Å²) in [6, 6.07) is 9.11. The van der Waals surface area contributed by atoms with Crippen molar-refractivity contribution in [1.29, 1.82) is 0 Å². The first-order valence-corrected chi connectivity index (χ1v) is 6.79. The van der Waals surface area contributed by atoms with Crippen LogP contribution in [-0.4, -0.2) is 35.9 Å². The van der Waals surface area contributed by atoms with Crippen LogP contribution in [0.3, 0.4) is 0 Å². The molecule has 0 saturated carbocycles. The molecular weight excluding hydrogens is 270 g/mol. The SMILES string of the molecule is COc1ccccc1OCC(=O)NCCCn1cccn1. The number of rotatable bonds is 8. The molecule has 1 heterocycles. The Bertz CT molecular complexity index is 555. The van der Waals surface area contributed by atoms with Gasteiger partial charge in [0.1, 0.15) is 0 Å². The van der Waals surface area contributed by atoms with Crippen LogP contribution in [0.4, 0.5) is 0 Å². The summed E-state index contributed by atoms with van der Waals surface area (Å²) in [4.78, 5) is 11.7. The first-order valence-electron chi connectivity index (χ1n) is 6.79. The maximum Gasteiger partial charge on any atom is 0.257 e. The summed E-state index contributed by atoms with van der Waals surface area (Å²) >= 11 is 0. The fourth-order valence-electron chi connectivity index (χ4n) is 1.83. The predicted octanol–water partition coefficient (Wildman–Crippen LogP) is 1.48. The summed E-state index contributed by atoms with van der Waals surface area (Å²) in [5, 5.41) is 6.90. The minimum absolute atomic E-state index is 0.0257. The van der Waals surface area contributed by atoms with Crippen LogP contribution in [0, 0.1) is 0 Å². The number of amides is 1. The zero-order valence-electron chi connectivity index (χ0n) is 12.0. The number of nitrogens with one attached hydrogen (secondary N) is 1. The van der Waals surface area contributed by atoms with Gasteiger partial charge in [-0.2, -0.15) is 5.10 Å². The minimum atomic E-state index is -0.152. The molecule has 1 aromatic heterocycles. The zero-order chi connectivity index (χ0) is 14.9. The Kier molecular flexibility index (Phi) is 5.63. The van der Waals surface area contributed by atoms with E-state index in [1.807, 2.05) is 29.1 Å². The van der Waals surface area contributed by atoms with Gasteiger partial charge in [-0.15, -0.1) is 0 Å². The van der Waals surface area contributed by atoms with Gasteiger partial charge < -0.3 is 14.8 Å². The predicted molar refractivity (Wildman–Crippen MR) is 78.3 cm³/mol. The van der Waals surface area contributed by atoms with Crippen molar-refractivity contribution in [3.63, 3.8) is 0 Å². The molecule has 1 aromatic carbocycles. The van der Waals surface area contributed by atoms with Gasteiger partial charge >= 0.3 is 0 Å². The maximum absolute atomic E-state index is 11.7. The van der Waals surface area contributed by atoms with Crippen LogP contribution in [-0.2, 0) is 11.3 Å². The van der Waals surface area contributed by atoms with Crippen molar-refractivity contribution >= 4 is 5.91 Å². The van der Waals surface area contributed by atoms with E-state index in [0.717, 1.165) is 13.0 Å². The van der Waals surface area contributed by atoms with Crippen LogP contribution in [0.1, 0.15) is 6.42 Å². The standard InChI is InChI=1S/C15H19N3O3/c1-20-13-6-2-3-7-14(13)21-12-15(19)16-8-4-10-18-11-5-9-17-18/h2-3,5-7,9,11H,4,8,10,12H2,1H3,(H,16,19). The van der Waals surface area contributed by atoms with Crippen molar-refractivity contribution in [3.8, 4) is 11.5 Å². The largest absolute Gasteiger partial charge is 0.493 e. The maximum atomic E-state index is 11.7. The van der Waals surface area contributed by atoms with E-state index in [2.05, 4.69) is 10.4 Å². The van der Waals surface area contributed by atoms with Crippen LogP contribution in [0.15, 0.2) is 42.7 Å². The molecule has 0 unspecified atom stereocenters. The topological polar surface area (TPSA) is 65.4 Å². The van der Waals surface area contributed by atoms with Gasteiger partial charge in [0.15, 0.2) is 18.1 Å². The Labute approximate surface area is 123 Å². The summed E-state index contributed by atoms with van der Waals surface area (Å²) in [6.45, 7) is 1.34. The highest BCUT2D eigenvalue weighted by Gasteiger charge is 2.06. The lowest BCUT2D eigenvalue weighted by Gasteiger charge is -2.10. The third-order valence-corrected chi connectivity index (χ3v) is 2.87. The lowest BCUT2D eigenvalue weighted by atomic mass is 10.3. The average Bonchev–Trinajstić information content (AvgIpc) is 3.03. The number of aryl methyl sites for hydroxylation is 1. The number of hydrogen-bond donors (Lipinski definition) is 1. The number of nitrogens with zero attached hydrogens (tertiary/aromatic N) is 2. The third kappa shape index (κ3) is 4.83. The molecule has 6 nitrogen and oxygen atoms in total. The van der Waals surface area contributed by atoms with Crippen LogP contribution < -0.4 is 14.8 Å². The molecule has 2 rings (SSSR count). The third-order valence-electron chi connectivity index (χ3n) is 2.87. The summed E-state index contributed by atoms with van der Waals surface area (Å²) in [5.74, 6) is 1.03. The second-order valence-electron chi connectivity index (χ2n) is 4.41. The lowest BCUT2D eigenvalue weighted by molar-refractivity contribution is -0.123. The first-order chi connectivity index (χ1) is 10.3. The quantitative estimate of drug-likeness (QED) is 0.748. The van der Waals surface area contributed by atoms with Gasteiger partial charge in [-0.25, -0.2) is 0 Å². The molecule has 0 bridgehead atoms. The number of para-hydroxylation sites is 2. The Morgan fingerprint density at radius 3 is 2.81 bits per heavy atom. The summed E-state index contributed by atoms with van der Waals surface area (Å²) in [5.41, 5.74) is 0. The molecule has 0 aliphatic carbocycles. The number of carbonyl (C=O) groups excluding carboxylic acids is 1. The van der Waals surface area contributed by atoms with E-state index in [-0.39, 0.29) is 12.5 Å². The van der Waals surface area contributed by atoms with Crippen LogP contribution in [0.25, 0.3) is 0 Å². The number of methoxy groups -OCH3 is 1. The van der Waals surface area contributed by atoms with Crippen molar-refractivity contribution in [2.75, 3.05) is 20.3 Å². The highest BCUT2D eigenvalue weighted by molar-refractivity contribution is 5.77. The Morgan fingerprint density at radius 1 is 1.29 bits per heavy atom. The Morgan fingerprint density at radius 2 is 2.10 bits per heavy atom. The minimum Gasteiger partial charge on any atom is -0.493 e. The van der Waals surface area contributed by atoms with E-state index in [1.165, 1.54) is 0 Å². The molecule has 0 aliphatic heterocycles. The fraction of sp³-hybridized carbons (Fsp3) is 0.333. The monoisotopic (exact) mass is 289 g/mol. The molecule has 0 radical (unpaired) electrons. The van der Waals surface area contributed by atoms with Gasteiger partial charge in [-0.05, 0) is 24.6 Å². The number of hydrogen-bond acceptors (Lipinski definition) is 4.